The van der Waals surface area contributed by atoms with Crippen LogP contribution in [0.5, 0.6) is 0 Å². The van der Waals surface area contributed by atoms with Gasteiger partial charge in [-0.15, -0.1) is 0 Å². The number of halogens is 1. The van der Waals surface area contributed by atoms with E-state index >= 15 is 0 Å². The van der Waals surface area contributed by atoms with E-state index in [0.717, 1.165) is 0 Å². The summed E-state index contributed by atoms with van der Waals surface area (Å²) < 4.78 is 0.499. The molecule has 1 amide bonds. The van der Waals surface area contributed by atoms with E-state index in [1.54, 1.807) is 0 Å². The van der Waals surface area contributed by atoms with Crippen LogP contribution >= 0.6 is 15.9 Å². The predicted octanol–water partition coefficient (Wildman–Crippen LogP) is 1.83. The van der Waals surface area contributed by atoms with Crippen LogP contribution in [0, 0.1) is 16.0 Å². The van der Waals surface area contributed by atoms with Crippen LogP contribution in [-0.2, 0) is 16.0 Å². The van der Waals surface area contributed by atoms with Crippen molar-refractivity contribution in [3.63, 3.8) is 0 Å². The fourth-order valence-electron chi connectivity index (χ4n) is 2.26. The van der Waals surface area contributed by atoms with Crippen LogP contribution in [-0.4, -0.2) is 39.9 Å². The molecule has 0 bridgehead atoms. The Hall–Kier alpha value is -1.96. The summed E-state index contributed by atoms with van der Waals surface area (Å²) in [4.78, 5) is 34.7. The molecule has 7 nitrogen and oxygen atoms in total. The highest BCUT2D eigenvalue weighted by Crippen LogP contribution is 2.25. The molecular formula is C13H13BrN2O5. The molecule has 1 heterocycles. The predicted molar refractivity (Wildman–Crippen MR) is 76.8 cm³/mol. The van der Waals surface area contributed by atoms with Gasteiger partial charge in [-0.25, -0.2) is 0 Å². The number of amides is 1. The molecular weight excluding hydrogens is 344 g/mol. The number of carboxylic acid groups (broad SMARTS) is 1. The van der Waals surface area contributed by atoms with Crippen LogP contribution in [0.15, 0.2) is 22.7 Å². The summed E-state index contributed by atoms with van der Waals surface area (Å²) in [6, 6.07) is 4.23. The first-order valence-electron chi connectivity index (χ1n) is 6.32. The fraction of sp³-hybridized carbons (Fsp3) is 0.385. The number of non-ortho nitro benzene ring substituents is 1. The van der Waals surface area contributed by atoms with Gasteiger partial charge in [-0.3, -0.25) is 19.7 Å². The number of likely N-dealkylation sites (tertiary alicyclic amines) is 1. The zero-order valence-corrected chi connectivity index (χ0v) is 12.6. The molecule has 2 rings (SSSR count). The van der Waals surface area contributed by atoms with Crippen molar-refractivity contribution in [1.82, 2.24) is 4.90 Å². The van der Waals surface area contributed by atoms with Crippen molar-refractivity contribution in [1.29, 1.82) is 0 Å². The van der Waals surface area contributed by atoms with E-state index in [9.17, 15) is 19.7 Å². The van der Waals surface area contributed by atoms with Crippen LogP contribution in [0.25, 0.3) is 0 Å². The number of carbonyl (C=O) groups is 2. The van der Waals surface area contributed by atoms with E-state index in [1.165, 1.54) is 23.1 Å². The van der Waals surface area contributed by atoms with Gasteiger partial charge in [0.2, 0.25) is 5.91 Å². The topological polar surface area (TPSA) is 101 Å². The maximum Gasteiger partial charge on any atom is 0.308 e. The maximum absolute atomic E-state index is 12.1. The monoisotopic (exact) mass is 356 g/mol. The summed E-state index contributed by atoms with van der Waals surface area (Å²) in [7, 11) is 0. The second-order valence-electron chi connectivity index (χ2n) is 4.87. The number of hydrogen-bond donors (Lipinski definition) is 1. The molecule has 0 saturated carbocycles. The van der Waals surface area contributed by atoms with Gasteiger partial charge in [0.25, 0.3) is 5.69 Å². The van der Waals surface area contributed by atoms with Gasteiger partial charge in [-0.2, -0.15) is 0 Å². The number of nitro benzene ring substituents is 1. The minimum absolute atomic E-state index is 0.0508. The molecule has 8 heteroatoms. The lowest BCUT2D eigenvalue weighted by Gasteiger charge is -2.16. The second-order valence-corrected chi connectivity index (χ2v) is 5.73. The van der Waals surface area contributed by atoms with Gasteiger partial charge in [0.1, 0.15) is 0 Å². The Kier molecular flexibility index (Phi) is 4.56. The van der Waals surface area contributed by atoms with E-state index in [4.69, 9.17) is 5.11 Å². The molecule has 21 heavy (non-hydrogen) atoms. The first-order valence-corrected chi connectivity index (χ1v) is 7.11. The van der Waals surface area contributed by atoms with Crippen molar-refractivity contribution >= 4 is 33.5 Å². The molecule has 112 valence electrons. The number of nitrogens with zero attached hydrogens (tertiary/aromatic N) is 2. The summed E-state index contributed by atoms with van der Waals surface area (Å²) >= 11 is 3.22. The standard InChI is InChI=1S/C13H13BrN2O5/c14-11-6-10(16(20)21)2-1-8(11)5-12(17)15-4-3-9(7-15)13(18)19/h1-2,6,9H,3-5,7H2,(H,18,19). The lowest BCUT2D eigenvalue weighted by Crippen LogP contribution is -2.31. The first-order chi connectivity index (χ1) is 9.88. The average molecular weight is 357 g/mol. The zero-order chi connectivity index (χ0) is 15.6. The second kappa shape index (κ2) is 6.21. The number of carboxylic acids is 1. The molecule has 1 atom stereocenters. The number of nitro groups is 1. The Bertz CT molecular complexity index is 604. The SMILES string of the molecule is O=C(O)C1CCN(C(=O)Cc2ccc([N+](=O)[O-])cc2Br)C1. The molecule has 0 radical (unpaired) electrons. The highest BCUT2D eigenvalue weighted by atomic mass is 79.9. The quantitative estimate of drug-likeness (QED) is 0.655. The van der Waals surface area contributed by atoms with Crippen LogP contribution in [0.3, 0.4) is 0 Å². The summed E-state index contributed by atoms with van der Waals surface area (Å²) in [5.74, 6) is -1.57. The third-order valence-electron chi connectivity index (χ3n) is 3.48. The molecule has 1 unspecified atom stereocenters. The van der Waals surface area contributed by atoms with E-state index in [-0.39, 0.29) is 24.6 Å². The Labute approximate surface area is 128 Å². The summed E-state index contributed by atoms with van der Waals surface area (Å²) in [5.41, 5.74) is 0.592. The van der Waals surface area contributed by atoms with Crippen LogP contribution in [0.2, 0.25) is 0 Å². The van der Waals surface area contributed by atoms with E-state index < -0.39 is 16.8 Å². The van der Waals surface area contributed by atoms with Crippen molar-refractivity contribution in [3.05, 3.63) is 38.3 Å². The maximum atomic E-state index is 12.1. The molecule has 0 aromatic heterocycles. The normalized spacial score (nSPS) is 17.8. The lowest BCUT2D eigenvalue weighted by atomic mass is 10.1. The molecule has 0 spiro atoms. The summed E-state index contributed by atoms with van der Waals surface area (Å²) in [6.45, 7) is 0.652. The molecule has 0 aliphatic carbocycles. The van der Waals surface area contributed by atoms with Gasteiger partial charge in [-0.05, 0) is 12.0 Å². The number of aliphatic carboxylic acids is 1. The Morgan fingerprint density at radius 2 is 2.19 bits per heavy atom. The van der Waals surface area contributed by atoms with Crippen molar-refractivity contribution in [2.75, 3.05) is 13.1 Å². The third kappa shape index (κ3) is 3.57. The van der Waals surface area contributed by atoms with E-state index in [1.807, 2.05) is 0 Å². The van der Waals surface area contributed by atoms with Gasteiger partial charge in [-0.1, -0.05) is 22.0 Å². The van der Waals surface area contributed by atoms with E-state index in [2.05, 4.69) is 15.9 Å². The highest BCUT2D eigenvalue weighted by molar-refractivity contribution is 9.10. The summed E-state index contributed by atoms with van der Waals surface area (Å²) in [6.07, 6.45) is 0.549. The van der Waals surface area contributed by atoms with Gasteiger partial charge < -0.3 is 10.0 Å². The Morgan fingerprint density at radius 3 is 2.71 bits per heavy atom. The van der Waals surface area contributed by atoms with Crippen molar-refractivity contribution in [2.24, 2.45) is 5.92 Å². The van der Waals surface area contributed by atoms with Gasteiger partial charge in [0.05, 0.1) is 17.3 Å². The number of rotatable bonds is 4. The minimum Gasteiger partial charge on any atom is -0.481 e. The largest absolute Gasteiger partial charge is 0.481 e. The smallest absolute Gasteiger partial charge is 0.308 e. The van der Waals surface area contributed by atoms with Crippen LogP contribution in [0.4, 0.5) is 5.69 Å². The van der Waals surface area contributed by atoms with Crippen LogP contribution in [0.1, 0.15) is 12.0 Å². The van der Waals surface area contributed by atoms with Crippen molar-refractivity contribution in [3.8, 4) is 0 Å². The summed E-state index contributed by atoms with van der Waals surface area (Å²) in [5, 5.41) is 19.6. The average Bonchev–Trinajstić information content (AvgIpc) is 2.90. The van der Waals surface area contributed by atoms with Crippen LogP contribution < -0.4 is 0 Å². The highest BCUT2D eigenvalue weighted by Gasteiger charge is 2.30. The number of carbonyl (C=O) groups excluding carboxylic acids is 1. The van der Waals surface area contributed by atoms with Crippen molar-refractivity contribution in [2.45, 2.75) is 12.8 Å². The lowest BCUT2D eigenvalue weighted by molar-refractivity contribution is -0.384. The van der Waals surface area contributed by atoms with E-state index in [0.29, 0.717) is 23.0 Å². The zero-order valence-electron chi connectivity index (χ0n) is 11.0. The molecule has 1 aliphatic rings. The van der Waals surface area contributed by atoms with Gasteiger partial charge >= 0.3 is 5.97 Å². The number of benzene rings is 1. The molecule has 1 aromatic rings. The molecule has 1 N–H and O–H groups in total. The molecule has 1 fully saturated rings. The third-order valence-corrected chi connectivity index (χ3v) is 4.22. The molecule has 1 aliphatic heterocycles. The molecule has 1 saturated heterocycles. The van der Waals surface area contributed by atoms with Gasteiger partial charge in [0, 0.05) is 29.7 Å². The molecule has 1 aromatic carbocycles. The van der Waals surface area contributed by atoms with Gasteiger partial charge in [0.15, 0.2) is 0 Å². The Morgan fingerprint density at radius 1 is 1.48 bits per heavy atom. The van der Waals surface area contributed by atoms with Crippen molar-refractivity contribution < 1.29 is 19.6 Å². The fourth-order valence-corrected chi connectivity index (χ4v) is 2.76. The number of hydrogen-bond acceptors (Lipinski definition) is 4. The Balaban J connectivity index is 2.03. The minimum atomic E-state index is -0.887. The first kappa shape index (κ1) is 15.4.